The summed E-state index contributed by atoms with van der Waals surface area (Å²) in [5.41, 5.74) is 7.64. The van der Waals surface area contributed by atoms with Crippen molar-refractivity contribution >= 4 is 17.7 Å². The van der Waals surface area contributed by atoms with Crippen molar-refractivity contribution in [3.63, 3.8) is 0 Å². The molecule has 27 heavy (non-hydrogen) atoms. The van der Waals surface area contributed by atoms with E-state index in [1.165, 1.54) is 0 Å². The molecular formula is C18H21N7O2. The van der Waals surface area contributed by atoms with E-state index in [2.05, 4.69) is 25.1 Å². The maximum absolute atomic E-state index is 12.7. The molecule has 1 aliphatic rings. The number of nitrogens with two attached hydrogens (primary N) is 1. The van der Waals surface area contributed by atoms with E-state index in [0.717, 1.165) is 17.3 Å². The molecule has 0 atom stereocenters. The highest BCUT2D eigenvalue weighted by Gasteiger charge is 2.25. The molecule has 1 fully saturated rings. The first-order valence-electron chi connectivity index (χ1n) is 8.77. The molecule has 0 unspecified atom stereocenters. The van der Waals surface area contributed by atoms with E-state index in [9.17, 15) is 4.79 Å². The van der Waals surface area contributed by atoms with Gasteiger partial charge < -0.3 is 20.0 Å². The lowest BCUT2D eigenvalue weighted by molar-refractivity contribution is 0.0740. The van der Waals surface area contributed by atoms with E-state index in [1.54, 1.807) is 11.0 Å². The van der Waals surface area contributed by atoms with Gasteiger partial charge in [-0.05, 0) is 26.0 Å². The number of hydrogen-bond donors (Lipinski definition) is 2. The molecule has 4 heterocycles. The quantitative estimate of drug-likeness (QED) is 0.722. The Morgan fingerprint density at radius 1 is 1.15 bits per heavy atom. The number of aryl methyl sites for hydroxylation is 2. The maximum atomic E-state index is 12.7. The lowest BCUT2D eigenvalue weighted by Gasteiger charge is -2.35. The summed E-state index contributed by atoms with van der Waals surface area (Å²) >= 11 is 0. The molecule has 9 nitrogen and oxygen atoms in total. The van der Waals surface area contributed by atoms with Crippen LogP contribution in [0.3, 0.4) is 0 Å². The molecule has 0 bridgehead atoms. The van der Waals surface area contributed by atoms with Crippen LogP contribution in [0.1, 0.15) is 21.9 Å². The van der Waals surface area contributed by atoms with Crippen molar-refractivity contribution in [1.29, 1.82) is 0 Å². The summed E-state index contributed by atoms with van der Waals surface area (Å²) in [5.74, 6) is 2.44. The number of nitrogens with one attached hydrogen (secondary N) is 1. The number of carbonyl (C=O) groups excluding carboxylic acids is 1. The summed E-state index contributed by atoms with van der Waals surface area (Å²) in [6, 6.07) is 7.35. The van der Waals surface area contributed by atoms with Crippen LogP contribution < -0.4 is 10.6 Å². The minimum absolute atomic E-state index is 0.0983. The number of nitrogen functional groups attached to an aromatic ring is 1. The van der Waals surface area contributed by atoms with Gasteiger partial charge in [0.15, 0.2) is 11.5 Å². The fraction of sp³-hybridized carbons (Fsp3) is 0.333. The Labute approximate surface area is 156 Å². The van der Waals surface area contributed by atoms with E-state index in [0.29, 0.717) is 43.3 Å². The lowest BCUT2D eigenvalue weighted by Crippen LogP contribution is -2.49. The number of furan rings is 1. The smallest absolute Gasteiger partial charge is 0.274 e. The third-order valence-corrected chi connectivity index (χ3v) is 4.55. The van der Waals surface area contributed by atoms with Gasteiger partial charge in [0.05, 0.1) is 0 Å². The van der Waals surface area contributed by atoms with Gasteiger partial charge in [-0.1, -0.05) is 0 Å². The van der Waals surface area contributed by atoms with Crippen molar-refractivity contribution in [3.8, 4) is 11.5 Å². The van der Waals surface area contributed by atoms with Gasteiger partial charge in [-0.3, -0.25) is 9.89 Å². The van der Waals surface area contributed by atoms with Crippen LogP contribution in [-0.4, -0.2) is 57.2 Å². The summed E-state index contributed by atoms with van der Waals surface area (Å²) < 4.78 is 5.57. The van der Waals surface area contributed by atoms with Crippen LogP contribution >= 0.6 is 0 Å². The van der Waals surface area contributed by atoms with Gasteiger partial charge in [0.1, 0.15) is 17.3 Å². The van der Waals surface area contributed by atoms with Crippen LogP contribution in [-0.2, 0) is 0 Å². The average Bonchev–Trinajstić information content (AvgIpc) is 3.29. The number of aromatic nitrogens is 4. The predicted molar refractivity (Wildman–Crippen MR) is 100 cm³/mol. The number of H-pyrrole nitrogens is 1. The van der Waals surface area contributed by atoms with Crippen molar-refractivity contribution in [3.05, 3.63) is 41.4 Å². The molecule has 1 aliphatic heterocycles. The molecule has 3 N–H and O–H groups in total. The van der Waals surface area contributed by atoms with Gasteiger partial charge in [0, 0.05) is 44.0 Å². The van der Waals surface area contributed by atoms with Crippen LogP contribution in [0.15, 0.2) is 28.7 Å². The topological polar surface area (TPSA) is 117 Å². The molecular weight excluding hydrogens is 346 g/mol. The minimum atomic E-state index is -0.0983. The minimum Gasteiger partial charge on any atom is -0.460 e. The summed E-state index contributed by atoms with van der Waals surface area (Å²) in [6.45, 7) is 6.29. The highest BCUT2D eigenvalue weighted by atomic mass is 16.3. The normalized spacial score (nSPS) is 14.6. The van der Waals surface area contributed by atoms with Crippen molar-refractivity contribution in [1.82, 2.24) is 25.1 Å². The lowest BCUT2D eigenvalue weighted by atomic mass is 10.2. The Morgan fingerprint density at radius 2 is 1.93 bits per heavy atom. The Hall–Kier alpha value is -3.36. The first-order chi connectivity index (χ1) is 13.0. The van der Waals surface area contributed by atoms with Crippen molar-refractivity contribution in [2.24, 2.45) is 0 Å². The van der Waals surface area contributed by atoms with Gasteiger partial charge in [-0.15, -0.1) is 0 Å². The molecule has 0 saturated carbocycles. The highest BCUT2D eigenvalue weighted by molar-refractivity contribution is 5.93. The van der Waals surface area contributed by atoms with Crippen LogP contribution in [0.2, 0.25) is 0 Å². The monoisotopic (exact) mass is 367 g/mol. The number of nitrogens with zero attached hydrogens (tertiary/aromatic N) is 5. The van der Waals surface area contributed by atoms with Crippen LogP contribution in [0.4, 0.5) is 11.8 Å². The van der Waals surface area contributed by atoms with Gasteiger partial charge in [-0.2, -0.15) is 10.1 Å². The Kier molecular flexibility index (Phi) is 4.27. The number of anilines is 2. The molecule has 9 heteroatoms. The number of rotatable bonds is 3. The standard InChI is InChI=1S/C18H21N7O2/c1-11-9-16(21-18(19)20-11)24-5-7-25(8-6-24)17(26)14-10-13(22-23-14)15-4-3-12(2)27-15/h3-4,9-10H,5-8H2,1-2H3,(H,22,23)(H2,19,20,21). The number of piperazine rings is 1. The first-order valence-corrected chi connectivity index (χ1v) is 8.77. The zero-order chi connectivity index (χ0) is 19.0. The predicted octanol–water partition coefficient (Wildman–Crippen LogP) is 1.62. The van der Waals surface area contributed by atoms with Crippen LogP contribution in [0, 0.1) is 13.8 Å². The second-order valence-corrected chi connectivity index (χ2v) is 6.58. The second kappa shape index (κ2) is 6.75. The van der Waals surface area contributed by atoms with Crippen molar-refractivity contribution in [2.45, 2.75) is 13.8 Å². The molecule has 0 radical (unpaired) electrons. The summed E-state index contributed by atoms with van der Waals surface area (Å²) in [6.07, 6.45) is 0. The number of hydrogen-bond acceptors (Lipinski definition) is 7. The zero-order valence-corrected chi connectivity index (χ0v) is 15.3. The van der Waals surface area contributed by atoms with E-state index in [-0.39, 0.29) is 11.9 Å². The maximum Gasteiger partial charge on any atom is 0.274 e. The number of amides is 1. The molecule has 3 aromatic rings. The molecule has 3 aromatic heterocycles. The molecule has 1 saturated heterocycles. The van der Waals surface area contributed by atoms with Gasteiger partial charge >= 0.3 is 0 Å². The van der Waals surface area contributed by atoms with Crippen LogP contribution in [0.25, 0.3) is 11.5 Å². The molecule has 1 amide bonds. The van der Waals surface area contributed by atoms with Crippen molar-refractivity contribution in [2.75, 3.05) is 36.8 Å². The summed E-state index contributed by atoms with van der Waals surface area (Å²) in [5, 5.41) is 7.02. The fourth-order valence-electron chi connectivity index (χ4n) is 3.17. The summed E-state index contributed by atoms with van der Waals surface area (Å²) in [4.78, 5) is 25.0. The zero-order valence-electron chi connectivity index (χ0n) is 15.3. The highest BCUT2D eigenvalue weighted by Crippen LogP contribution is 2.21. The largest absolute Gasteiger partial charge is 0.460 e. The number of carbonyl (C=O) groups is 1. The van der Waals surface area contributed by atoms with E-state index >= 15 is 0 Å². The van der Waals surface area contributed by atoms with Gasteiger partial charge in [0.2, 0.25) is 5.95 Å². The first kappa shape index (κ1) is 17.1. The average molecular weight is 367 g/mol. The molecule has 0 aromatic carbocycles. The Morgan fingerprint density at radius 3 is 2.59 bits per heavy atom. The van der Waals surface area contributed by atoms with Crippen LogP contribution in [0.5, 0.6) is 0 Å². The van der Waals surface area contributed by atoms with E-state index < -0.39 is 0 Å². The SMILES string of the molecule is Cc1cc(N2CCN(C(=O)c3cc(-c4ccc(C)o4)[nH]n3)CC2)nc(N)n1. The number of aromatic amines is 1. The third kappa shape index (κ3) is 3.48. The van der Waals surface area contributed by atoms with E-state index in [1.807, 2.05) is 32.0 Å². The van der Waals surface area contributed by atoms with Gasteiger partial charge in [-0.25, -0.2) is 4.98 Å². The molecule has 4 rings (SSSR count). The fourth-order valence-corrected chi connectivity index (χ4v) is 3.17. The van der Waals surface area contributed by atoms with E-state index in [4.69, 9.17) is 10.2 Å². The van der Waals surface area contributed by atoms with Crippen molar-refractivity contribution < 1.29 is 9.21 Å². The van der Waals surface area contributed by atoms with Gasteiger partial charge in [0.25, 0.3) is 5.91 Å². The molecule has 0 spiro atoms. The molecule has 140 valence electrons. The third-order valence-electron chi connectivity index (χ3n) is 4.55. The molecule has 0 aliphatic carbocycles. The Balaban J connectivity index is 1.42. The second-order valence-electron chi connectivity index (χ2n) is 6.58. The summed E-state index contributed by atoms with van der Waals surface area (Å²) in [7, 11) is 0. The Bertz CT molecular complexity index is 950.